The number of carboxylic acid groups (broad SMARTS) is 1. The molecule has 0 saturated carbocycles. The summed E-state index contributed by atoms with van der Waals surface area (Å²) in [7, 11) is 1.27. The third-order valence-electron chi connectivity index (χ3n) is 7.44. The van der Waals surface area contributed by atoms with Crippen LogP contribution in [0, 0.1) is 32.1 Å². The molecule has 2 fully saturated rings. The summed E-state index contributed by atoms with van der Waals surface area (Å²) in [6, 6.07) is 16.3. The number of amides is 2. The molecule has 4 atom stereocenters. The van der Waals surface area contributed by atoms with Crippen LogP contribution in [-0.4, -0.2) is 45.4 Å². The molecule has 0 bridgehead atoms. The van der Waals surface area contributed by atoms with Gasteiger partial charge < -0.3 is 9.84 Å². The molecule has 0 spiro atoms. The smallest absolute Gasteiger partial charge is 0.325 e. The maximum Gasteiger partial charge on any atom is 0.325 e. The van der Waals surface area contributed by atoms with Crippen LogP contribution in [0.25, 0.3) is 0 Å². The molecular weight excluding hydrogens is 524 g/mol. The Morgan fingerprint density at radius 3 is 2.17 bits per heavy atom. The largest absolute Gasteiger partial charge is 0.495 e. The van der Waals surface area contributed by atoms with Gasteiger partial charge in [0.1, 0.15) is 17.0 Å². The minimum atomic E-state index is -1.95. The average molecular weight is 546 g/mol. The fourth-order valence-corrected chi connectivity index (χ4v) is 5.65. The Labute approximate surface area is 226 Å². The van der Waals surface area contributed by atoms with E-state index in [1.54, 1.807) is 30.3 Å². The first-order valence-corrected chi connectivity index (χ1v) is 12.1. The van der Waals surface area contributed by atoms with E-state index in [0.717, 1.165) is 17.0 Å². The zero-order valence-corrected chi connectivity index (χ0v) is 20.9. The molecule has 2 aliphatic rings. The molecule has 2 saturated heterocycles. The van der Waals surface area contributed by atoms with Gasteiger partial charge in [-0.05, 0) is 17.2 Å². The van der Waals surface area contributed by atoms with Crippen molar-refractivity contribution in [2.24, 2.45) is 11.8 Å². The Morgan fingerprint density at radius 1 is 0.975 bits per heavy atom. The van der Waals surface area contributed by atoms with Crippen molar-refractivity contribution in [3.8, 4) is 5.75 Å². The van der Waals surface area contributed by atoms with Crippen LogP contribution < -0.4 is 15.0 Å². The number of ether oxygens (including phenoxy) is 1. The number of aliphatic carboxylic acids is 1. The highest BCUT2D eigenvalue weighted by Gasteiger charge is 2.69. The summed E-state index contributed by atoms with van der Waals surface area (Å²) >= 11 is 0. The van der Waals surface area contributed by atoms with Gasteiger partial charge in [0.25, 0.3) is 11.4 Å². The maximum absolute atomic E-state index is 14.1. The molecule has 40 heavy (non-hydrogen) atoms. The molecule has 2 aliphatic heterocycles. The van der Waals surface area contributed by atoms with Crippen molar-refractivity contribution in [1.29, 1.82) is 0 Å². The van der Waals surface area contributed by atoms with Crippen LogP contribution in [0.1, 0.15) is 17.2 Å². The van der Waals surface area contributed by atoms with Crippen LogP contribution in [0.4, 0.5) is 17.1 Å². The number of methoxy groups -OCH3 is 1. The predicted molar refractivity (Wildman–Crippen MR) is 139 cm³/mol. The molecule has 13 nitrogen and oxygen atoms in total. The Morgan fingerprint density at radius 2 is 1.60 bits per heavy atom. The van der Waals surface area contributed by atoms with Gasteiger partial charge >= 0.3 is 5.97 Å². The van der Waals surface area contributed by atoms with Crippen LogP contribution in [0.5, 0.6) is 5.75 Å². The Bertz CT molecular complexity index is 1540. The number of non-ortho nitro benzene ring substituents is 2. The highest BCUT2D eigenvalue weighted by Crippen LogP contribution is 2.52. The van der Waals surface area contributed by atoms with E-state index in [0.29, 0.717) is 11.1 Å². The van der Waals surface area contributed by atoms with Gasteiger partial charge in [0.05, 0.1) is 28.8 Å². The van der Waals surface area contributed by atoms with Crippen molar-refractivity contribution in [3.05, 3.63) is 104 Å². The molecule has 0 aliphatic carbocycles. The number of fused-ring (bicyclic) bond motifs is 1. The zero-order valence-electron chi connectivity index (χ0n) is 20.9. The predicted octanol–water partition coefficient (Wildman–Crippen LogP) is 3.03. The molecule has 13 heteroatoms. The first-order valence-electron chi connectivity index (χ1n) is 12.1. The van der Waals surface area contributed by atoms with Gasteiger partial charge in [-0.15, -0.1) is 0 Å². The summed E-state index contributed by atoms with van der Waals surface area (Å²) in [5.41, 5.74) is -1.77. The normalized spacial score (nSPS) is 23.6. The van der Waals surface area contributed by atoms with Crippen LogP contribution in [0.3, 0.4) is 0 Å². The number of carbonyl (C=O) groups excluding carboxylic acids is 2. The summed E-state index contributed by atoms with van der Waals surface area (Å²) in [5.74, 6) is -5.65. The lowest BCUT2D eigenvalue weighted by Crippen LogP contribution is -2.57. The Balaban J connectivity index is 1.68. The molecular formula is C27H22N4O9. The molecule has 3 aromatic rings. The summed E-state index contributed by atoms with van der Waals surface area (Å²) in [4.78, 5) is 63.2. The molecule has 0 aromatic heterocycles. The first-order chi connectivity index (χ1) is 19.1. The molecule has 2 heterocycles. The van der Waals surface area contributed by atoms with E-state index in [9.17, 15) is 39.7 Å². The quantitative estimate of drug-likeness (QED) is 0.242. The minimum Gasteiger partial charge on any atom is -0.495 e. The molecule has 0 radical (unpaired) electrons. The average Bonchev–Trinajstić information content (AvgIpc) is 3.42. The number of nitro groups is 2. The molecule has 0 unspecified atom stereocenters. The lowest BCUT2D eigenvalue weighted by atomic mass is 9.76. The molecule has 2 N–H and O–H groups in total. The highest BCUT2D eigenvalue weighted by molar-refractivity contribution is 6.25. The van der Waals surface area contributed by atoms with Gasteiger partial charge in [-0.25, -0.2) is 4.90 Å². The third kappa shape index (κ3) is 4.12. The summed E-state index contributed by atoms with van der Waals surface area (Å²) in [5, 5.41) is 36.3. The number of nitro benzene ring substituents is 2. The van der Waals surface area contributed by atoms with Crippen molar-refractivity contribution < 1.29 is 34.1 Å². The molecule has 5 rings (SSSR count). The fraction of sp³-hybridized carbons (Fsp3) is 0.222. The van der Waals surface area contributed by atoms with Crippen LogP contribution in [0.2, 0.25) is 0 Å². The number of carbonyl (C=O) groups is 3. The van der Waals surface area contributed by atoms with Gasteiger partial charge in [0.2, 0.25) is 11.8 Å². The van der Waals surface area contributed by atoms with Crippen molar-refractivity contribution in [1.82, 2.24) is 5.32 Å². The van der Waals surface area contributed by atoms with E-state index in [-0.39, 0.29) is 23.5 Å². The summed E-state index contributed by atoms with van der Waals surface area (Å²) < 4.78 is 5.29. The fourth-order valence-electron chi connectivity index (χ4n) is 5.65. The van der Waals surface area contributed by atoms with Crippen molar-refractivity contribution in [2.45, 2.75) is 18.0 Å². The van der Waals surface area contributed by atoms with Gasteiger partial charge in [-0.2, -0.15) is 0 Å². The van der Waals surface area contributed by atoms with Gasteiger partial charge in [-0.1, -0.05) is 42.5 Å². The number of imide groups is 1. The number of anilines is 1. The topological polar surface area (TPSA) is 182 Å². The van der Waals surface area contributed by atoms with E-state index >= 15 is 0 Å². The molecule has 204 valence electrons. The number of nitrogens with one attached hydrogen (secondary N) is 1. The monoisotopic (exact) mass is 546 g/mol. The number of nitrogens with zero attached hydrogens (tertiary/aromatic N) is 3. The first kappa shape index (κ1) is 26.4. The summed E-state index contributed by atoms with van der Waals surface area (Å²) in [6.07, 6.45) is -0.160. The van der Waals surface area contributed by atoms with E-state index in [2.05, 4.69) is 5.32 Å². The van der Waals surface area contributed by atoms with E-state index in [1.807, 2.05) is 0 Å². The second-order valence-corrected chi connectivity index (χ2v) is 9.54. The van der Waals surface area contributed by atoms with Crippen molar-refractivity contribution in [2.75, 3.05) is 12.0 Å². The second-order valence-electron chi connectivity index (χ2n) is 9.54. The maximum atomic E-state index is 14.1. The molecule has 3 aromatic carbocycles. The van der Waals surface area contributed by atoms with Crippen molar-refractivity contribution in [3.63, 3.8) is 0 Å². The van der Waals surface area contributed by atoms with Crippen LogP contribution >= 0.6 is 0 Å². The summed E-state index contributed by atoms with van der Waals surface area (Å²) in [6.45, 7) is 0. The number of hydrogen-bond acceptors (Lipinski definition) is 9. The van der Waals surface area contributed by atoms with Crippen LogP contribution in [-0.2, 0) is 20.8 Å². The van der Waals surface area contributed by atoms with Gasteiger partial charge in [0.15, 0.2) is 0 Å². The van der Waals surface area contributed by atoms with E-state index in [1.165, 1.54) is 37.4 Å². The third-order valence-corrected chi connectivity index (χ3v) is 7.44. The van der Waals surface area contributed by atoms with Gasteiger partial charge in [0, 0.05) is 36.7 Å². The van der Waals surface area contributed by atoms with E-state index in [4.69, 9.17) is 4.74 Å². The SMILES string of the molecule is COc1ccc([N+](=O)[O-])cc1N1C(=O)[C@H]2[C@@H](C1=O)[C@@](Cc1ccccc1)(C(=O)O)N[C@H]2c1ccc([N+](=O)[O-])cc1. The zero-order chi connectivity index (χ0) is 28.8. The highest BCUT2D eigenvalue weighted by atomic mass is 16.6. The Kier molecular flexibility index (Phi) is 6.51. The minimum absolute atomic E-state index is 0.0103. The number of benzene rings is 3. The second kappa shape index (κ2) is 9.85. The van der Waals surface area contributed by atoms with Crippen LogP contribution in [0.15, 0.2) is 72.8 Å². The van der Waals surface area contributed by atoms with Gasteiger partial charge in [-0.3, -0.25) is 39.9 Å². The number of carboxylic acids is 1. The standard InChI is InChI=1S/C27H22N4O9/c1-40-20-12-11-18(31(38)39)13-19(20)29-24(32)21-22(25(29)33)27(26(34)35,14-15-5-3-2-4-6-15)28-23(21)16-7-9-17(10-8-16)30(36)37/h2-13,21-23,28H,14H2,1H3,(H,34,35)/t21-,22-,23-,27-/m0/s1. The number of hydrogen-bond donors (Lipinski definition) is 2. The van der Waals surface area contributed by atoms with Crippen molar-refractivity contribution >= 4 is 34.8 Å². The molecule has 2 amide bonds. The van der Waals surface area contributed by atoms with E-state index < -0.39 is 56.7 Å². The number of rotatable bonds is 8. The Hall–Kier alpha value is -5.17. The lowest BCUT2D eigenvalue weighted by Gasteiger charge is -2.31. The lowest BCUT2D eigenvalue weighted by molar-refractivity contribution is -0.385.